The second-order valence-electron chi connectivity index (χ2n) is 7.22. The van der Waals surface area contributed by atoms with E-state index in [2.05, 4.69) is 27.9 Å². The number of aromatic nitrogens is 2. The lowest BCUT2D eigenvalue weighted by Gasteiger charge is -2.36. The maximum atomic E-state index is 12.3. The summed E-state index contributed by atoms with van der Waals surface area (Å²) in [5.41, 5.74) is -0.213. The van der Waals surface area contributed by atoms with Crippen LogP contribution in [0, 0.1) is 0 Å². The molecule has 2 aliphatic heterocycles. The molecule has 24 heavy (non-hydrogen) atoms. The fraction of sp³-hybridized carbons (Fsp3) is 0.667. The molecule has 0 bridgehead atoms. The van der Waals surface area contributed by atoms with Crippen molar-refractivity contribution in [1.82, 2.24) is 19.4 Å². The van der Waals surface area contributed by atoms with E-state index >= 15 is 0 Å². The van der Waals surface area contributed by atoms with Gasteiger partial charge in [-0.1, -0.05) is 6.08 Å². The summed E-state index contributed by atoms with van der Waals surface area (Å²) in [5, 5.41) is 10.7. The third-order valence-electron chi connectivity index (χ3n) is 5.13. The predicted molar refractivity (Wildman–Crippen MR) is 94.9 cm³/mol. The molecule has 1 aromatic rings. The standard InChI is InChI=1S/C18H28N4O2/c1-20-11-6-18(24,7-12-20)14-22-15-19-16(13-17(22)23)5-4-10-21-8-2-3-9-21/h4-5,13,15,24H,2-3,6-12,14H2,1H3/b5-4+. The lowest BCUT2D eigenvalue weighted by atomic mass is 9.91. The summed E-state index contributed by atoms with van der Waals surface area (Å²) >= 11 is 0. The first-order chi connectivity index (χ1) is 11.5. The van der Waals surface area contributed by atoms with Crippen LogP contribution in [-0.2, 0) is 6.54 Å². The minimum Gasteiger partial charge on any atom is -0.388 e. The molecule has 0 aliphatic carbocycles. The molecule has 0 radical (unpaired) electrons. The van der Waals surface area contributed by atoms with E-state index in [-0.39, 0.29) is 5.56 Å². The summed E-state index contributed by atoms with van der Waals surface area (Å²) in [6.07, 6.45) is 9.48. The minimum atomic E-state index is -0.800. The molecule has 1 N–H and O–H groups in total. The fourth-order valence-corrected chi connectivity index (χ4v) is 3.45. The molecule has 2 fully saturated rings. The van der Waals surface area contributed by atoms with E-state index in [1.807, 2.05) is 6.08 Å². The number of piperidine rings is 1. The first-order valence-electron chi connectivity index (χ1n) is 8.90. The summed E-state index contributed by atoms with van der Waals surface area (Å²) in [6.45, 7) is 5.27. The van der Waals surface area contributed by atoms with Gasteiger partial charge in [0.15, 0.2) is 0 Å². The van der Waals surface area contributed by atoms with Crippen LogP contribution < -0.4 is 5.56 Å². The van der Waals surface area contributed by atoms with Gasteiger partial charge in [0.25, 0.3) is 5.56 Å². The number of hydrogen-bond acceptors (Lipinski definition) is 5. The molecule has 2 saturated heterocycles. The molecule has 0 amide bonds. The van der Waals surface area contributed by atoms with E-state index in [4.69, 9.17) is 0 Å². The molecule has 0 aromatic carbocycles. The van der Waals surface area contributed by atoms with E-state index in [9.17, 15) is 9.90 Å². The van der Waals surface area contributed by atoms with Gasteiger partial charge in [-0.05, 0) is 51.9 Å². The van der Waals surface area contributed by atoms with Crippen LogP contribution in [0.1, 0.15) is 31.4 Å². The van der Waals surface area contributed by atoms with Crippen molar-refractivity contribution in [1.29, 1.82) is 0 Å². The minimum absolute atomic E-state index is 0.0989. The van der Waals surface area contributed by atoms with Gasteiger partial charge in [-0.15, -0.1) is 0 Å². The van der Waals surface area contributed by atoms with Crippen molar-refractivity contribution in [2.45, 2.75) is 37.8 Å². The van der Waals surface area contributed by atoms with Crippen molar-refractivity contribution in [3.63, 3.8) is 0 Å². The van der Waals surface area contributed by atoms with E-state index in [1.54, 1.807) is 12.4 Å². The van der Waals surface area contributed by atoms with E-state index < -0.39 is 5.60 Å². The smallest absolute Gasteiger partial charge is 0.253 e. The maximum Gasteiger partial charge on any atom is 0.253 e. The molecule has 1 aromatic heterocycles. The summed E-state index contributed by atoms with van der Waals surface area (Å²) < 4.78 is 1.53. The Hall–Kier alpha value is -1.50. The van der Waals surface area contributed by atoms with Gasteiger partial charge in [0.2, 0.25) is 0 Å². The average Bonchev–Trinajstić information content (AvgIpc) is 3.07. The van der Waals surface area contributed by atoms with Gasteiger partial charge in [-0.25, -0.2) is 4.98 Å². The molecule has 6 nitrogen and oxygen atoms in total. The monoisotopic (exact) mass is 332 g/mol. The Balaban J connectivity index is 1.60. The SMILES string of the molecule is CN1CCC(O)(Cn2cnc(/C=C/CN3CCCC3)cc2=O)CC1. The molecular formula is C18H28N4O2. The van der Waals surface area contributed by atoms with Gasteiger partial charge in [0, 0.05) is 25.7 Å². The third kappa shape index (κ3) is 4.53. The molecule has 0 unspecified atom stereocenters. The zero-order valence-electron chi connectivity index (χ0n) is 14.5. The van der Waals surface area contributed by atoms with Gasteiger partial charge in [-0.3, -0.25) is 14.3 Å². The molecule has 0 saturated carbocycles. The highest BCUT2D eigenvalue weighted by atomic mass is 16.3. The van der Waals surface area contributed by atoms with Crippen molar-refractivity contribution >= 4 is 6.08 Å². The average molecular weight is 332 g/mol. The van der Waals surface area contributed by atoms with Crippen molar-refractivity contribution in [3.8, 4) is 0 Å². The highest BCUT2D eigenvalue weighted by Gasteiger charge is 2.31. The van der Waals surface area contributed by atoms with Gasteiger partial charge in [-0.2, -0.15) is 0 Å². The van der Waals surface area contributed by atoms with Crippen LogP contribution >= 0.6 is 0 Å². The van der Waals surface area contributed by atoms with E-state index in [0.717, 1.165) is 32.7 Å². The first-order valence-corrected chi connectivity index (χ1v) is 8.90. The van der Waals surface area contributed by atoms with Crippen LogP contribution in [0.2, 0.25) is 0 Å². The molecule has 6 heteroatoms. The van der Waals surface area contributed by atoms with Crippen LogP contribution in [0.15, 0.2) is 23.3 Å². The summed E-state index contributed by atoms with van der Waals surface area (Å²) in [7, 11) is 2.05. The highest BCUT2D eigenvalue weighted by molar-refractivity contribution is 5.43. The number of nitrogens with zero attached hydrogens (tertiary/aromatic N) is 4. The Morgan fingerprint density at radius 3 is 2.62 bits per heavy atom. The fourth-order valence-electron chi connectivity index (χ4n) is 3.45. The largest absolute Gasteiger partial charge is 0.388 e. The number of aliphatic hydroxyl groups is 1. The molecule has 2 aliphatic rings. The molecule has 3 heterocycles. The summed E-state index contributed by atoms with van der Waals surface area (Å²) in [6, 6.07) is 1.55. The third-order valence-corrected chi connectivity index (χ3v) is 5.13. The second kappa shape index (κ2) is 7.59. The quantitative estimate of drug-likeness (QED) is 0.865. The van der Waals surface area contributed by atoms with Gasteiger partial charge in [0.1, 0.15) is 0 Å². The van der Waals surface area contributed by atoms with Crippen molar-refractivity contribution < 1.29 is 5.11 Å². The van der Waals surface area contributed by atoms with E-state index in [0.29, 0.717) is 25.1 Å². The Bertz CT molecular complexity index is 626. The maximum absolute atomic E-state index is 12.3. The summed E-state index contributed by atoms with van der Waals surface area (Å²) in [4.78, 5) is 21.2. The predicted octanol–water partition coefficient (Wildman–Crippen LogP) is 0.809. The highest BCUT2D eigenvalue weighted by Crippen LogP contribution is 2.22. The van der Waals surface area contributed by atoms with Crippen molar-refractivity contribution in [2.75, 3.05) is 39.8 Å². The Morgan fingerprint density at radius 1 is 1.25 bits per heavy atom. The molecule has 132 valence electrons. The van der Waals surface area contributed by atoms with Crippen molar-refractivity contribution in [2.24, 2.45) is 0 Å². The zero-order valence-corrected chi connectivity index (χ0v) is 14.5. The lowest BCUT2D eigenvalue weighted by molar-refractivity contribution is -0.0299. The number of likely N-dealkylation sites (tertiary alicyclic amines) is 2. The molecule has 3 rings (SSSR count). The Morgan fingerprint density at radius 2 is 1.96 bits per heavy atom. The Kier molecular flexibility index (Phi) is 5.48. The van der Waals surface area contributed by atoms with E-state index in [1.165, 1.54) is 17.4 Å². The molecule has 0 atom stereocenters. The van der Waals surface area contributed by atoms with Gasteiger partial charge < -0.3 is 10.0 Å². The number of hydrogen-bond donors (Lipinski definition) is 1. The van der Waals surface area contributed by atoms with Crippen LogP contribution in [-0.4, -0.2) is 69.8 Å². The zero-order chi connectivity index (χ0) is 17.0. The van der Waals surface area contributed by atoms with Crippen LogP contribution in [0.25, 0.3) is 6.08 Å². The first kappa shape index (κ1) is 17.3. The topological polar surface area (TPSA) is 61.6 Å². The van der Waals surface area contributed by atoms with Crippen LogP contribution in [0.3, 0.4) is 0 Å². The van der Waals surface area contributed by atoms with Crippen LogP contribution in [0.4, 0.5) is 0 Å². The second-order valence-corrected chi connectivity index (χ2v) is 7.22. The number of rotatable bonds is 5. The Labute approximate surface area is 143 Å². The molecular weight excluding hydrogens is 304 g/mol. The van der Waals surface area contributed by atoms with Crippen LogP contribution in [0.5, 0.6) is 0 Å². The summed E-state index contributed by atoms with van der Waals surface area (Å²) in [5.74, 6) is 0. The van der Waals surface area contributed by atoms with Crippen molar-refractivity contribution in [3.05, 3.63) is 34.5 Å². The normalized spacial score (nSPS) is 22.4. The van der Waals surface area contributed by atoms with Gasteiger partial charge >= 0.3 is 0 Å². The lowest BCUT2D eigenvalue weighted by Crippen LogP contribution is -2.46. The van der Waals surface area contributed by atoms with Gasteiger partial charge in [0.05, 0.1) is 24.2 Å². The molecule has 0 spiro atoms.